The fourth-order valence-electron chi connectivity index (χ4n) is 2.55. The lowest BCUT2D eigenvalue weighted by molar-refractivity contribution is 0.509. The van der Waals surface area contributed by atoms with Gasteiger partial charge in [-0.05, 0) is 37.3 Å². The molecule has 3 rings (SSSR count). The van der Waals surface area contributed by atoms with Crippen molar-refractivity contribution in [2.45, 2.75) is 12.5 Å². The summed E-state index contributed by atoms with van der Waals surface area (Å²) in [6, 6.07) is 9.03. The van der Waals surface area contributed by atoms with E-state index in [9.17, 15) is 8.78 Å². The van der Waals surface area contributed by atoms with E-state index in [4.69, 9.17) is 5.73 Å². The summed E-state index contributed by atoms with van der Waals surface area (Å²) in [4.78, 5) is 10.1. The topological polar surface area (TPSA) is 54.5 Å². The third-order valence-corrected chi connectivity index (χ3v) is 3.62. The quantitative estimate of drug-likeness (QED) is 0.923. The number of hydrogen-bond acceptors (Lipinski definition) is 4. The number of guanidine groups is 1. The van der Waals surface area contributed by atoms with Crippen molar-refractivity contribution in [2.75, 3.05) is 11.4 Å². The first kappa shape index (κ1) is 13.5. The summed E-state index contributed by atoms with van der Waals surface area (Å²) in [5, 5.41) is 0. The van der Waals surface area contributed by atoms with Gasteiger partial charge in [0.05, 0.1) is 18.4 Å². The normalized spacial score (nSPS) is 21.5. The van der Waals surface area contributed by atoms with Crippen LogP contribution in [0.15, 0.2) is 47.6 Å². The molecule has 1 aromatic carbocycles. The van der Waals surface area contributed by atoms with E-state index in [1.54, 1.807) is 23.1 Å². The number of nitrogens with two attached hydrogens (primary N) is 1. The minimum Gasteiger partial charge on any atom is -0.369 e. The van der Waals surface area contributed by atoms with E-state index in [-0.39, 0.29) is 11.8 Å². The number of halogens is 2. The lowest BCUT2D eigenvalue weighted by Crippen LogP contribution is -2.48. The van der Waals surface area contributed by atoms with Gasteiger partial charge in [0.15, 0.2) is 5.96 Å². The molecule has 1 atom stereocenters. The first-order valence-electron chi connectivity index (χ1n) is 6.48. The second-order valence-corrected chi connectivity index (χ2v) is 5.13. The van der Waals surface area contributed by atoms with Crippen LogP contribution in [0.1, 0.15) is 12.6 Å². The van der Waals surface area contributed by atoms with Crippen molar-refractivity contribution in [1.29, 1.82) is 0 Å². The molecule has 6 heteroatoms. The van der Waals surface area contributed by atoms with Crippen LogP contribution in [0.2, 0.25) is 0 Å². The summed E-state index contributed by atoms with van der Waals surface area (Å²) in [6.07, 6.45) is 1.15. The summed E-state index contributed by atoms with van der Waals surface area (Å²) in [6.45, 7) is 2.26. The first-order chi connectivity index (χ1) is 10.0. The number of benzene rings is 1. The van der Waals surface area contributed by atoms with Crippen molar-refractivity contribution < 1.29 is 8.78 Å². The molecule has 0 saturated heterocycles. The van der Waals surface area contributed by atoms with Crippen molar-refractivity contribution in [3.8, 4) is 0 Å². The van der Waals surface area contributed by atoms with Crippen LogP contribution in [0, 0.1) is 11.6 Å². The zero-order valence-electron chi connectivity index (χ0n) is 11.4. The van der Waals surface area contributed by atoms with Crippen molar-refractivity contribution in [3.63, 3.8) is 0 Å². The molecule has 0 spiro atoms. The monoisotopic (exact) mass is 288 g/mol. The lowest BCUT2D eigenvalue weighted by Gasteiger charge is -2.35. The average Bonchev–Trinajstić information content (AvgIpc) is 2.76. The van der Waals surface area contributed by atoms with Gasteiger partial charge >= 0.3 is 0 Å². The van der Waals surface area contributed by atoms with Crippen molar-refractivity contribution in [3.05, 3.63) is 59.9 Å². The van der Waals surface area contributed by atoms with Gasteiger partial charge in [0, 0.05) is 5.69 Å². The molecule has 1 aliphatic heterocycles. The molecule has 1 aromatic heterocycles. The maximum atomic E-state index is 13.5. The predicted molar refractivity (Wildman–Crippen MR) is 76.9 cm³/mol. The lowest BCUT2D eigenvalue weighted by atomic mass is 9.95. The smallest absolute Gasteiger partial charge is 0.196 e. The van der Waals surface area contributed by atoms with Crippen molar-refractivity contribution >= 4 is 11.6 Å². The molecule has 2 aromatic rings. The summed E-state index contributed by atoms with van der Waals surface area (Å²) < 4.78 is 26.6. The predicted octanol–water partition coefficient (Wildman–Crippen LogP) is 2.41. The van der Waals surface area contributed by atoms with Gasteiger partial charge in [-0.1, -0.05) is 6.07 Å². The minimum absolute atomic E-state index is 0.286. The van der Waals surface area contributed by atoms with Crippen LogP contribution in [-0.2, 0) is 5.54 Å². The van der Waals surface area contributed by atoms with Gasteiger partial charge in [0.1, 0.15) is 17.2 Å². The molecule has 108 valence electrons. The molecule has 0 bridgehead atoms. The van der Waals surface area contributed by atoms with Crippen LogP contribution in [0.4, 0.5) is 14.5 Å². The van der Waals surface area contributed by atoms with Gasteiger partial charge in [-0.2, -0.15) is 0 Å². The van der Waals surface area contributed by atoms with Crippen LogP contribution in [-0.4, -0.2) is 17.5 Å². The molecule has 0 amide bonds. The average molecular weight is 288 g/mol. The number of nitrogens with zero attached hydrogens (tertiary/aromatic N) is 3. The number of hydrogen-bond donors (Lipinski definition) is 1. The summed E-state index contributed by atoms with van der Waals surface area (Å²) in [7, 11) is 0. The fourth-order valence-corrected chi connectivity index (χ4v) is 2.55. The highest BCUT2D eigenvalue weighted by Gasteiger charge is 2.41. The van der Waals surface area contributed by atoms with E-state index in [0.29, 0.717) is 17.9 Å². The molecule has 4 nitrogen and oxygen atoms in total. The van der Waals surface area contributed by atoms with E-state index < -0.39 is 11.4 Å². The highest BCUT2D eigenvalue weighted by atomic mass is 19.1. The summed E-state index contributed by atoms with van der Waals surface area (Å²) >= 11 is 0. The number of aromatic nitrogens is 1. The Kier molecular flexibility index (Phi) is 3.08. The molecule has 0 aliphatic carbocycles. The Morgan fingerprint density at radius 1 is 1.19 bits per heavy atom. The van der Waals surface area contributed by atoms with Gasteiger partial charge < -0.3 is 5.73 Å². The number of aliphatic imine (C=N–C) groups is 1. The third kappa shape index (κ3) is 2.22. The number of rotatable bonds is 2. The molecule has 2 N–H and O–H groups in total. The molecule has 1 unspecified atom stereocenters. The largest absolute Gasteiger partial charge is 0.369 e. The zero-order valence-corrected chi connectivity index (χ0v) is 11.4. The van der Waals surface area contributed by atoms with Gasteiger partial charge in [-0.3, -0.25) is 14.9 Å². The Hall–Kier alpha value is -2.50. The minimum atomic E-state index is -0.675. The fraction of sp³-hybridized carbons (Fsp3) is 0.200. The van der Waals surface area contributed by atoms with Crippen LogP contribution in [0.5, 0.6) is 0 Å². The molecule has 1 aliphatic rings. The molecule has 0 saturated carbocycles. The van der Waals surface area contributed by atoms with E-state index in [0.717, 1.165) is 6.20 Å². The maximum absolute atomic E-state index is 13.5. The zero-order chi connectivity index (χ0) is 15.0. The Balaban J connectivity index is 2.07. The number of pyridine rings is 1. The van der Waals surface area contributed by atoms with Gasteiger partial charge in [0.2, 0.25) is 0 Å². The van der Waals surface area contributed by atoms with Crippen molar-refractivity contribution in [1.82, 2.24) is 4.98 Å². The summed E-state index contributed by atoms with van der Waals surface area (Å²) in [5.41, 5.74) is 6.49. The SMILES string of the molecule is CC1(c2ccc(F)cn2)CN=C(N)N1c1cccc(F)c1. The maximum Gasteiger partial charge on any atom is 0.196 e. The molecule has 21 heavy (non-hydrogen) atoms. The highest BCUT2D eigenvalue weighted by molar-refractivity contribution is 5.98. The van der Waals surface area contributed by atoms with E-state index in [1.165, 1.54) is 18.2 Å². The van der Waals surface area contributed by atoms with Crippen LogP contribution >= 0.6 is 0 Å². The number of anilines is 1. The molecule has 0 radical (unpaired) electrons. The molecular formula is C15H14F2N4. The third-order valence-electron chi connectivity index (χ3n) is 3.62. The molecule has 2 heterocycles. The first-order valence-corrected chi connectivity index (χ1v) is 6.48. The molecular weight excluding hydrogens is 274 g/mol. The van der Waals surface area contributed by atoms with Gasteiger partial charge in [-0.25, -0.2) is 8.78 Å². The van der Waals surface area contributed by atoms with E-state index in [2.05, 4.69) is 9.98 Å². The standard InChI is InChI=1S/C15H14F2N4/c1-15(13-6-5-11(17)8-19-13)9-20-14(18)21(15)12-4-2-3-10(16)7-12/h2-8H,9H2,1H3,(H2,18,20). The second-order valence-electron chi connectivity index (χ2n) is 5.13. The van der Waals surface area contributed by atoms with Gasteiger partial charge in [0.25, 0.3) is 0 Å². The Morgan fingerprint density at radius 2 is 2.00 bits per heavy atom. The Labute approximate surface area is 120 Å². The van der Waals surface area contributed by atoms with Crippen LogP contribution in [0.3, 0.4) is 0 Å². The van der Waals surface area contributed by atoms with Crippen LogP contribution in [0.25, 0.3) is 0 Å². The second kappa shape index (κ2) is 4.80. The van der Waals surface area contributed by atoms with Crippen LogP contribution < -0.4 is 10.6 Å². The molecule has 0 fully saturated rings. The Morgan fingerprint density at radius 3 is 2.67 bits per heavy atom. The van der Waals surface area contributed by atoms with E-state index in [1.807, 2.05) is 6.92 Å². The van der Waals surface area contributed by atoms with E-state index >= 15 is 0 Å². The summed E-state index contributed by atoms with van der Waals surface area (Å²) in [5.74, 6) is -0.484. The van der Waals surface area contributed by atoms with Crippen molar-refractivity contribution in [2.24, 2.45) is 10.7 Å². The highest BCUT2D eigenvalue weighted by Crippen LogP contribution is 2.35. The van der Waals surface area contributed by atoms with Gasteiger partial charge in [-0.15, -0.1) is 0 Å². The Bertz CT molecular complexity index is 699.